The van der Waals surface area contributed by atoms with Gasteiger partial charge in [-0.1, -0.05) is 111 Å². The summed E-state index contributed by atoms with van der Waals surface area (Å²) < 4.78 is 0. The van der Waals surface area contributed by atoms with Crippen molar-refractivity contribution in [1.29, 1.82) is 0 Å². The lowest BCUT2D eigenvalue weighted by atomic mass is 9.88. The average Bonchev–Trinajstić information content (AvgIpc) is 2.53. The summed E-state index contributed by atoms with van der Waals surface area (Å²) >= 11 is 0. The van der Waals surface area contributed by atoms with E-state index in [-0.39, 0.29) is 0 Å². The maximum absolute atomic E-state index is 3.78. The summed E-state index contributed by atoms with van der Waals surface area (Å²) in [4.78, 5) is 0. The largest absolute Gasteiger partial charge is 0.312 e. The zero-order valence-corrected chi connectivity index (χ0v) is 17.0. The van der Waals surface area contributed by atoms with Gasteiger partial charge in [0.15, 0.2) is 0 Å². The molecule has 1 heteroatoms. The lowest BCUT2D eigenvalue weighted by Gasteiger charge is -2.31. The van der Waals surface area contributed by atoms with Crippen LogP contribution in [0.2, 0.25) is 0 Å². The molecule has 0 rings (SSSR count). The monoisotopic (exact) mass is 325 g/mol. The Morgan fingerprint density at radius 2 is 0.870 bits per heavy atom. The second kappa shape index (κ2) is 16.8. The van der Waals surface area contributed by atoms with Crippen molar-refractivity contribution >= 4 is 0 Å². The van der Waals surface area contributed by atoms with Gasteiger partial charge in [0, 0.05) is 5.54 Å². The Kier molecular flexibility index (Phi) is 16.8. The Morgan fingerprint density at radius 1 is 0.522 bits per heavy atom. The average molecular weight is 326 g/mol. The third kappa shape index (κ3) is 15.2. The number of rotatable bonds is 18. The minimum absolute atomic E-state index is 0.390. The Labute approximate surface area is 148 Å². The Morgan fingerprint density at radius 3 is 1.22 bits per heavy atom. The van der Waals surface area contributed by atoms with Gasteiger partial charge >= 0.3 is 0 Å². The predicted molar refractivity (Wildman–Crippen MR) is 107 cm³/mol. The van der Waals surface area contributed by atoms with E-state index in [4.69, 9.17) is 0 Å². The maximum Gasteiger partial charge on any atom is 0.0153 e. The summed E-state index contributed by atoms with van der Waals surface area (Å²) in [6.07, 6.45) is 22.6. The van der Waals surface area contributed by atoms with E-state index in [1.54, 1.807) is 0 Å². The van der Waals surface area contributed by atoms with Gasteiger partial charge < -0.3 is 5.32 Å². The molecule has 0 saturated heterocycles. The fourth-order valence-corrected chi connectivity index (χ4v) is 3.67. The highest BCUT2D eigenvalue weighted by Crippen LogP contribution is 2.23. The number of nitrogens with one attached hydrogen (secondary N) is 1. The highest BCUT2D eigenvalue weighted by Gasteiger charge is 2.21. The van der Waals surface area contributed by atoms with Crippen LogP contribution in [0, 0.1) is 0 Å². The third-order valence-electron chi connectivity index (χ3n) is 5.27. The molecule has 0 aliphatic carbocycles. The summed E-state index contributed by atoms with van der Waals surface area (Å²) in [6, 6.07) is 0. The highest BCUT2D eigenvalue weighted by molar-refractivity contribution is 4.82. The van der Waals surface area contributed by atoms with Gasteiger partial charge in [-0.05, 0) is 26.3 Å². The van der Waals surface area contributed by atoms with E-state index in [0.717, 1.165) is 6.54 Å². The first kappa shape index (κ1) is 23.0. The zero-order chi connectivity index (χ0) is 17.2. The SMILES string of the molecule is CCCCCCCCCC(C)(CCCCCCCCC)NCC. The van der Waals surface area contributed by atoms with Gasteiger partial charge in [0.25, 0.3) is 0 Å². The molecule has 0 saturated carbocycles. The van der Waals surface area contributed by atoms with Crippen LogP contribution in [0.3, 0.4) is 0 Å². The molecule has 0 heterocycles. The number of unbranched alkanes of at least 4 members (excludes halogenated alkanes) is 12. The third-order valence-corrected chi connectivity index (χ3v) is 5.27. The first-order valence-electron chi connectivity index (χ1n) is 10.9. The maximum atomic E-state index is 3.78. The molecular formula is C22H47N. The van der Waals surface area contributed by atoms with Crippen molar-refractivity contribution in [3.63, 3.8) is 0 Å². The van der Waals surface area contributed by atoms with Gasteiger partial charge in [0.2, 0.25) is 0 Å². The summed E-state index contributed by atoms with van der Waals surface area (Å²) in [7, 11) is 0. The topological polar surface area (TPSA) is 12.0 Å². The van der Waals surface area contributed by atoms with Crippen molar-refractivity contribution in [2.24, 2.45) is 0 Å². The first-order chi connectivity index (χ1) is 11.2. The lowest BCUT2D eigenvalue weighted by molar-refractivity contribution is 0.292. The van der Waals surface area contributed by atoms with Crippen LogP contribution in [0.15, 0.2) is 0 Å². The molecule has 23 heavy (non-hydrogen) atoms. The van der Waals surface area contributed by atoms with E-state index >= 15 is 0 Å². The van der Waals surface area contributed by atoms with Crippen molar-refractivity contribution in [2.45, 2.75) is 136 Å². The molecule has 0 aromatic rings. The molecular weight excluding hydrogens is 278 g/mol. The minimum Gasteiger partial charge on any atom is -0.312 e. The van der Waals surface area contributed by atoms with Crippen molar-refractivity contribution < 1.29 is 0 Å². The Bertz CT molecular complexity index is 206. The normalized spacial score (nSPS) is 12.0. The van der Waals surface area contributed by atoms with Crippen LogP contribution in [0.1, 0.15) is 130 Å². The van der Waals surface area contributed by atoms with Crippen LogP contribution < -0.4 is 5.32 Å². The van der Waals surface area contributed by atoms with Gasteiger partial charge in [0.05, 0.1) is 0 Å². The fraction of sp³-hybridized carbons (Fsp3) is 1.00. The summed E-state index contributed by atoms with van der Waals surface area (Å²) in [5.74, 6) is 0. The molecule has 0 aliphatic rings. The predicted octanol–water partition coefficient (Wildman–Crippen LogP) is 7.64. The van der Waals surface area contributed by atoms with E-state index in [0.29, 0.717) is 5.54 Å². The van der Waals surface area contributed by atoms with Crippen LogP contribution >= 0.6 is 0 Å². The minimum atomic E-state index is 0.390. The molecule has 0 aromatic carbocycles. The van der Waals surface area contributed by atoms with Gasteiger partial charge in [-0.3, -0.25) is 0 Å². The summed E-state index contributed by atoms with van der Waals surface area (Å²) in [5.41, 5.74) is 0.390. The smallest absolute Gasteiger partial charge is 0.0153 e. The molecule has 0 amide bonds. The molecule has 1 N–H and O–H groups in total. The van der Waals surface area contributed by atoms with Crippen LogP contribution in [0.4, 0.5) is 0 Å². The highest BCUT2D eigenvalue weighted by atomic mass is 14.9. The molecule has 0 bridgehead atoms. The van der Waals surface area contributed by atoms with E-state index in [1.807, 2.05) is 0 Å². The van der Waals surface area contributed by atoms with Crippen molar-refractivity contribution in [1.82, 2.24) is 5.32 Å². The molecule has 0 aliphatic heterocycles. The summed E-state index contributed by atoms with van der Waals surface area (Å²) in [6.45, 7) is 10.4. The lowest BCUT2D eigenvalue weighted by Crippen LogP contribution is -2.42. The second-order valence-corrected chi connectivity index (χ2v) is 7.83. The Balaban J connectivity index is 3.69. The summed E-state index contributed by atoms with van der Waals surface area (Å²) in [5, 5.41) is 3.78. The molecule has 0 fully saturated rings. The molecule has 0 unspecified atom stereocenters. The first-order valence-corrected chi connectivity index (χ1v) is 10.9. The molecule has 0 atom stereocenters. The van der Waals surface area contributed by atoms with Crippen molar-refractivity contribution in [2.75, 3.05) is 6.54 Å². The van der Waals surface area contributed by atoms with Gasteiger partial charge in [0.1, 0.15) is 0 Å². The van der Waals surface area contributed by atoms with Gasteiger partial charge in [-0.15, -0.1) is 0 Å². The van der Waals surface area contributed by atoms with Crippen molar-refractivity contribution in [3.8, 4) is 0 Å². The van der Waals surface area contributed by atoms with Crippen molar-refractivity contribution in [3.05, 3.63) is 0 Å². The molecule has 140 valence electrons. The van der Waals surface area contributed by atoms with E-state index < -0.39 is 0 Å². The Hall–Kier alpha value is -0.0400. The number of hydrogen-bond acceptors (Lipinski definition) is 1. The molecule has 0 spiro atoms. The van der Waals surface area contributed by atoms with Gasteiger partial charge in [-0.25, -0.2) is 0 Å². The van der Waals surface area contributed by atoms with E-state index in [9.17, 15) is 0 Å². The quantitative estimate of drug-likeness (QED) is 0.255. The molecule has 1 nitrogen and oxygen atoms in total. The van der Waals surface area contributed by atoms with Crippen LogP contribution in [0.25, 0.3) is 0 Å². The number of hydrogen-bond donors (Lipinski definition) is 1. The van der Waals surface area contributed by atoms with Crippen LogP contribution in [0.5, 0.6) is 0 Å². The van der Waals surface area contributed by atoms with Crippen LogP contribution in [-0.4, -0.2) is 12.1 Å². The molecule has 0 radical (unpaired) electrons. The zero-order valence-electron chi connectivity index (χ0n) is 17.0. The van der Waals surface area contributed by atoms with Gasteiger partial charge in [-0.2, -0.15) is 0 Å². The fourth-order valence-electron chi connectivity index (χ4n) is 3.67. The van der Waals surface area contributed by atoms with E-state index in [2.05, 4.69) is 33.0 Å². The van der Waals surface area contributed by atoms with E-state index in [1.165, 1.54) is 103 Å². The van der Waals surface area contributed by atoms with Crippen LogP contribution in [-0.2, 0) is 0 Å². The molecule has 0 aromatic heterocycles. The second-order valence-electron chi connectivity index (χ2n) is 7.83. The standard InChI is InChI=1S/C22H47N/c1-5-8-10-12-14-16-18-20-22(4,23-7-3)21-19-17-15-13-11-9-6-2/h23H,5-21H2,1-4H3.